The van der Waals surface area contributed by atoms with Crippen LogP contribution in [0.5, 0.6) is 0 Å². The fourth-order valence-electron chi connectivity index (χ4n) is 3.29. The summed E-state index contributed by atoms with van der Waals surface area (Å²) in [5.74, 6) is 0. The third kappa shape index (κ3) is 2.89. The van der Waals surface area contributed by atoms with E-state index < -0.39 is 15.4 Å². The minimum Gasteiger partial charge on any atom is -0.367 e. The van der Waals surface area contributed by atoms with E-state index in [9.17, 15) is 13.2 Å². The summed E-state index contributed by atoms with van der Waals surface area (Å²) in [6.07, 6.45) is 0. The number of fused-ring (bicyclic) bond motifs is 1. The summed E-state index contributed by atoms with van der Waals surface area (Å²) in [5, 5.41) is 4.00. The first-order valence-corrected chi connectivity index (χ1v) is 9.97. The Labute approximate surface area is 151 Å². The van der Waals surface area contributed by atoms with E-state index in [2.05, 4.69) is 15.2 Å². The van der Waals surface area contributed by atoms with Crippen molar-refractivity contribution in [2.75, 3.05) is 31.1 Å². The summed E-state index contributed by atoms with van der Waals surface area (Å²) in [6, 6.07) is 15.2. The number of nitrogens with one attached hydrogen (secondary N) is 2. The predicted molar refractivity (Wildman–Crippen MR) is 102 cm³/mol. The van der Waals surface area contributed by atoms with E-state index >= 15 is 0 Å². The van der Waals surface area contributed by atoms with Gasteiger partial charge in [-0.05, 0) is 24.3 Å². The molecule has 0 amide bonds. The lowest BCUT2D eigenvalue weighted by Crippen LogP contribution is -2.43. The van der Waals surface area contributed by atoms with E-state index in [1.807, 2.05) is 18.2 Å². The number of aromatic nitrogens is 1. The van der Waals surface area contributed by atoms with Gasteiger partial charge >= 0.3 is 0 Å². The molecule has 6 nitrogen and oxygen atoms in total. The van der Waals surface area contributed by atoms with Crippen molar-refractivity contribution in [3.63, 3.8) is 0 Å². The number of sulfone groups is 1. The lowest BCUT2D eigenvalue weighted by atomic mass is 10.1. The van der Waals surface area contributed by atoms with Crippen LogP contribution in [0.15, 0.2) is 69.2 Å². The molecule has 0 atom stereocenters. The maximum Gasteiger partial charge on any atom is 0.267 e. The predicted octanol–water partition coefficient (Wildman–Crippen LogP) is 1.77. The first-order chi connectivity index (χ1) is 12.6. The second-order valence-electron chi connectivity index (χ2n) is 6.26. The smallest absolute Gasteiger partial charge is 0.267 e. The largest absolute Gasteiger partial charge is 0.367 e. The molecular weight excluding hydrogens is 350 g/mol. The van der Waals surface area contributed by atoms with Crippen LogP contribution < -0.4 is 15.8 Å². The molecule has 0 saturated carbocycles. The molecule has 1 aliphatic rings. The zero-order valence-electron chi connectivity index (χ0n) is 14.1. The number of hydrogen-bond donors (Lipinski definition) is 2. The molecule has 0 unspecified atom stereocenters. The van der Waals surface area contributed by atoms with Crippen LogP contribution in [0.3, 0.4) is 0 Å². The average molecular weight is 369 g/mol. The fraction of sp³-hybridized carbons (Fsp3) is 0.211. The average Bonchev–Trinajstić information content (AvgIpc) is 2.68. The molecule has 1 fully saturated rings. The van der Waals surface area contributed by atoms with Crippen molar-refractivity contribution in [2.45, 2.75) is 9.79 Å². The van der Waals surface area contributed by atoms with Crippen molar-refractivity contribution in [3.8, 4) is 0 Å². The number of nitrogens with zero attached hydrogens (tertiary/aromatic N) is 1. The Bertz CT molecular complexity index is 1100. The van der Waals surface area contributed by atoms with E-state index in [1.54, 1.807) is 18.2 Å². The van der Waals surface area contributed by atoms with Crippen LogP contribution in [0.1, 0.15) is 0 Å². The second-order valence-corrected chi connectivity index (χ2v) is 8.18. The van der Waals surface area contributed by atoms with Gasteiger partial charge in [0.2, 0.25) is 9.84 Å². The summed E-state index contributed by atoms with van der Waals surface area (Å²) in [5.41, 5.74) is 1.00. The molecule has 3 aromatic rings. The molecule has 1 aromatic heterocycles. The molecule has 2 heterocycles. The first kappa shape index (κ1) is 16.8. The van der Waals surface area contributed by atoms with Gasteiger partial charge < -0.3 is 15.2 Å². The maximum absolute atomic E-state index is 12.8. The number of anilines is 1. The van der Waals surface area contributed by atoms with Crippen LogP contribution in [0.25, 0.3) is 10.9 Å². The molecular formula is C19H19N3O3S. The quantitative estimate of drug-likeness (QED) is 0.735. The maximum atomic E-state index is 12.8. The molecule has 2 N–H and O–H groups in total. The molecule has 4 rings (SSSR count). The molecule has 1 saturated heterocycles. The zero-order valence-corrected chi connectivity index (χ0v) is 14.9. The number of aromatic amines is 1. The molecule has 0 radical (unpaired) electrons. The normalized spacial score (nSPS) is 15.3. The summed E-state index contributed by atoms with van der Waals surface area (Å²) in [7, 11) is -3.87. The summed E-state index contributed by atoms with van der Waals surface area (Å²) in [4.78, 5) is 17.5. The minimum absolute atomic E-state index is 0.114. The van der Waals surface area contributed by atoms with Gasteiger partial charge in [-0.1, -0.05) is 30.3 Å². The molecule has 7 heteroatoms. The highest BCUT2D eigenvalue weighted by Gasteiger charge is 2.23. The van der Waals surface area contributed by atoms with E-state index in [0.717, 1.165) is 31.9 Å². The van der Waals surface area contributed by atoms with Gasteiger partial charge in [0, 0.05) is 31.6 Å². The highest BCUT2D eigenvalue weighted by Crippen LogP contribution is 2.27. The number of rotatable bonds is 3. The van der Waals surface area contributed by atoms with Crippen molar-refractivity contribution in [1.82, 2.24) is 10.3 Å². The summed E-state index contributed by atoms with van der Waals surface area (Å²) >= 11 is 0. The van der Waals surface area contributed by atoms with Gasteiger partial charge in [-0.25, -0.2) is 8.42 Å². The van der Waals surface area contributed by atoms with Crippen molar-refractivity contribution >= 4 is 26.4 Å². The highest BCUT2D eigenvalue weighted by molar-refractivity contribution is 7.91. The van der Waals surface area contributed by atoms with Gasteiger partial charge in [-0.2, -0.15) is 0 Å². The van der Waals surface area contributed by atoms with Gasteiger partial charge in [0.15, 0.2) is 0 Å². The molecule has 0 bridgehead atoms. The standard InChI is InChI=1S/C19H19N3O3S/c23-19-17(26(24,25)15-6-2-1-3-7-15)13-14-5-4-8-16(18(14)21-19)22-11-9-20-10-12-22/h1-8,13,20H,9-12H2,(H,21,23). The molecule has 2 aromatic carbocycles. The summed E-state index contributed by atoms with van der Waals surface area (Å²) < 4.78 is 25.7. The lowest BCUT2D eigenvalue weighted by Gasteiger charge is -2.30. The summed E-state index contributed by atoms with van der Waals surface area (Å²) in [6.45, 7) is 3.43. The Morgan fingerprint density at radius 3 is 2.38 bits per heavy atom. The van der Waals surface area contributed by atoms with Crippen LogP contribution in [0.4, 0.5) is 5.69 Å². The molecule has 0 aliphatic carbocycles. The fourth-order valence-corrected chi connectivity index (χ4v) is 4.64. The van der Waals surface area contributed by atoms with Crippen LogP contribution in [0, 0.1) is 0 Å². The van der Waals surface area contributed by atoms with Crippen LogP contribution in [-0.4, -0.2) is 39.6 Å². The number of para-hydroxylation sites is 1. The SMILES string of the molecule is O=c1[nH]c2c(N3CCNCC3)cccc2cc1S(=O)(=O)c1ccccc1. The van der Waals surface area contributed by atoms with Gasteiger partial charge in [0.25, 0.3) is 5.56 Å². The second kappa shape index (κ2) is 6.59. The molecule has 0 spiro atoms. The third-order valence-electron chi connectivity index (χ3n) is 4.62. The minimum atomic E-state index is -3.87. The Hall–Kier alpha value is -2.64. The van der Waals surface area contributed by atoms with Crippen molar-refractivity contribution in [3.05, 3.63) is 65.0 Å². The molecule has 134 valence electrons. The number of piperazine rings is 1. The highest BCUT2D eigenvalue weighted by atomic mass is 32.2. The van der Waals surface area contributed by atoms with Gasteiger partial charge in [0.05, 0.1) is 16.1 Å². The number of pyridine rings is 1. The lowest BCUT2D eigenvalue weighted by molar-refractivity contribution is 0.590. The van der Waals surface area contributed by atoms with Crippen molar-refractivity contribution < 1.29 is 8.42 Å². The molecule has 1 aliphatic heterocycles. The van der Waals surface area contributed by atoms with Crippen molar-refractivity contribution in [1.29, 1.82) is 0 Å². The topological polar surface area (TPSA) is 82.3 Å². The Morgan fingerprint density at radius 2 is 1.65 bits per heavy atom. The van der Waals surface area contributed by atoms with E-state index in [0.29, 0.717) is 10.9 Å². The van der Waals surface area contributed by atoms with Crippen LogP contribution >= 0.6 is 0 Å². The number of hydrogen-bond acceptors (Lipinski definition) is 5. The van der Waals surface area contributed by atoms with E-state index in [1.165, 1.54) is 18.2 Å². The van der Waals surface area contributed by atoms with Crippen LogP contribution in [-0.2, 0) is 9.84 Å². The zero-order chi connectivity index (χ0) is 18.1. The Morgan fingerprint density at radius 1 is 0.923 bits per heavy atom. The molecule has 26 heavy (non-hydrogen) atoms. The van der Waals surface area contributed by atoms with E-state index in [4.69, 9.17) is 0 Å². The third-order valence-corrected chi connectivity index (χ3v) is 6.40. The number of H-pyrrole nitrogens is 1. The monoisotopic (exact) mass is 369 g/mol. The number of benzene rings is 2. The first-order valence-electron chi connectivity index (χ1n) is 8.49. The van der Waals surface area contributed by atoms with Gasteiger partial charge in [0.1, 0.15) is 4.90 Å². The van der Waals surface area contributed by atoms with Crippen LogP contribution in [0.2, 0.25) is 0 Å². The van der Waals surface area contributed by atoms with Gasteiger partial charge in [-0.15, -0.1) is 0 Å². The van der Waals surface area contributed by atoms with E-state index in [-0.39, 0.29) is 9.79 Å². The van der Waals surface area contributed by atoms with Crippen molar-refractivity contribution in [2.24, 2.45) is 0 Å². The Kier molecular flexibility index (Phi) is 4.26. The van der Waals surface area contributed by atoms with Gasteiger partial charge in [-0.3, -0.25) is 4.79 Å². The Balaban J connectivity index is 1.87.